The number of nitrogens with zero attached hydrogens (tertiary/aromatic N) is 1. The summed E-state index contributed by atoms with van der Waals surface area (Å²) in [5, 5.41) is 11.3. The summed E-state index contributed by atoms with van der Waals surface area (Å²) in [6.07, 6.45) is 3.87. The first kappa shape index (κ1) is 18.0. The van der Waals surface area contributed by atoms with Gasteiger partial charge < -0.3 is 14.3 Å². The summed E-state index contributed by atoms with van der Waals surface area (Å²) in [7, 11) is 4.21. The number of benzene rings is 1. The first-order valence-corrected chi connectivity index (χ1v) is 8.67. The van der Waals surface area contributed by atoms with Gasteiger partial charge in [-0.1, -0.05) is 43.2 Å². The van der Waals surface area contributed by atoms with Gasteiger partial charge in [-0.25, -0.2) is 4.79 Å². The van der Waals surface area contributed by atoms with Crippen LogP contribution in [0.3, 0.4) is 0 Å². The molecule has 0 unspecified atom stereocenters. The molecule has 1 aromatic carbocycles. The molecule has 1 atom stereocenters. The molecule has 23 heavy (non-hydrogen) atoms. The lowest BCUT2D eigenvalue weighted by molar-refractivity contribution is -0.888. The predicted molar refractivity (Wildman–Crippen MR) is 90.8 cm³/mol. The van der Waals surface area contributed by atoms with Crippen molar-refractivity contribution in [1.29, 1.82) is 0 Å². The van der Waals surface area contributed by atoms with Crippen molar-refractivity contribution in [3.8, 4) is 0 Å². The molecule has 0 amide bonds. The second kappa shape index (κ2) is 7.45. The zero-order valence-corrected chi connectivity index (χ0v) is 14.6. The third-order valence-electron chi connectivity index (χ3n) is 5.26. The van der Waals surface area contributed by atoms with Crippen LogP contribution >= 0.6 is 0 Å². The summed E-state index contributed by atoms with van der Waals surface area (Å²) < 4.78 is 6.30. The van der Waals surface area contributed by atoms with Gasteiger partial charge in [-0.05, 0) is 25.3 Å². The minimum Gasteiger partial charge on any atom is -0.457 e. The molecule has 128 valence electrons. The van der Waals surface area contributed by atoms with Crippen molar-refractivity contribution in [2.24, 2.45) is 5.92 Å². The van der Waals surface area contributed by atoms with E-state index in [2.05, 4.69) is 21.0 Å². The molecule has 4 heteroatoms. The van der Waals surface area contributed by atoms with Crippen LogP contribution in [0, 0.1) is 5.92 Å². The third-order valence-corrected chi connectivity index (χ3v) is 5.26. The third kappa shape index (κ3) is 4.12. The summed E-state index contributed by atoms with van der Waals surface area (Å²) in [5.74, 6) is -0.544. The molecule has 0 aliphatic heterocycles. The number of carbonyl (C=O) groups is 1. The SMILES string of the molecule is CC[N+](C)(C)CCOC(=O)[C@](O)(c1ccccc1)C1CCCC1. The van der Waals surface area contributed by atoms with Crippen molar-refractivity contribution in [3.05, 3.63) is 35.9 Å². The number of aliphatic hydroxyl groups is 1. The van der Waals surface area contributed by atoms with Gasteiger partial charge in [-0.15, -0.1) is 0 Å². The Morgan fingerprint density at radius 1 is 1.26 bits per heavy atom. The van der Waals surface area contributed by atoms with E-state index in [-0.39, 0.29) is 5.92 Å². The highest BCUT2D eigenvalue weighted by atomic mass is 16.5. The number of rotatable bonds is 7. The van der Waals surface area contributed by atoms with Gasteiger partial charge in [0.1, 0.15) is 13.2 Å². The number of quaternary nitrogens is 1. The highest BCUT2D eigenvalue weighted by Gasteiger charge is 2.47. The summed E-state index contributed by atoms with van der Waals surface area (Å²) >= 11 is 0. The Hall–Kier alpha value is -1.39. The van der Waals surface area contributed by atoms with Gasteiger partial charge in [0.05, 0.1) is 20.6 Å². The maximum absolute atomic E-state index is 12.7. The molecule has 1 N–H and O–H groups in total. The van der Waals surface area contributed by atoms with Crippen molar-refractivity contribution in [3.63, 3.8) is 0 Å². The zero-order valence-electron chi connectivity index (χ0n) is 14.6. The monoisotopic (exact) mass is 320 g/mol. The minimum atomic E-state index is -1.51. The first-order chi connectivity index (χ1) is 10.9. The van der Waals surface area contributed by atoms with Gasteiger partial charge >= 0.3 is 5.97 Å². The largest absolute Gasteiger partial charge is 0.457 e. The molecule has 1 fully saturated rings. The van der Waals surface area contributed by atoms with Crippen molar-refractivity contribution in [1.82, 2.24) is 0 Å². The van der Waals surface area contributed by atoms with Crippen molar-refractivity contribution in [2.45, 2.75) is 38.2 Å². The number of carbonyl (C=O) groups excluding carboxylic acids is 1. The number of hydrogen-bond acceptors (Lipinski definition) is 3. The van der Waals surface area contributed by atoms with E-state index in [1.807, 2.05) is 30.3 Å². The Morgan fingerprint density at radius 2 is 1.87 bits per heavy atom. The van der Waals surface area contributed by atoms with E-state index >= 15 is 0 Å². The van der Waals surface area contributed by atoms with Gasteiger partial charge in [0.15, 0.2) is 5.60 Å². The quantitative estimate of drug-likeness (QED) is 0.621. The second-order valence-electron chi connectivity index (χ2n) is 7.23. The number of esters is 1. The summed E-state index contributed by atoms with van der Waals surface area (Å²) in [6, 6.07) is 9.27. The molecule has 0 spiro atoms. The van der Waals surface area contributed by atoms with Crippen molar-refractivity contribution < 1.29 is 19.1 Å². The summed E-state index contributed by atoms with van der Waals surface area (Å²) in [5.41, 5.74) is -0.859. The molecular formula is C19H30NO3+. The lowest BCUT2D eigenvalue weighted by Crippen LogP contribution is -2.46. The molecule has 0 bridgehead atoms. The van der Waals surface area contributed by atoms with Gasteiger partial charge in [-0.2, -0.15) is 0 Å². The van der Waals surface area contributed by atoms with Crippen LogP contribution < -0.4 is 0 Å². The van der Waals surface area contributed by atoms with Crippen LogP contribution in [-0.4, -0.2) is 49.4 Å². The normalized spacial score (nSPS) is 18.6. The molecule has 1 aliphatic rings. The first-order valence-electron chi connectivity index (χ1n) is 8.67. The highest BCUT2D eigenvalue weighted by molar-refractivity contribution is 5.81. The van der Waals surface area contributed by atoms with Crippen LogP contribution in [0.5, 0.6) is 0 Å². The molecule has 2 rings (SSSR count). The van der Waals surface area contributed by atoms with E-state index < -0.39 is 11.6 Å². The van der Waals surface area contributed by atoms with Crippen LogP contribution in [0.1, 0.15) is 38.2 Å². The Labute approximate surface area is 139 Å². The molecule has 1 saturated carbocycles. The van der Waals surface area contributed by atoms with Crippen molar-refractivity contribution in [2.75, 3.05) is 33.8 Å². The Kier molecular flexibility index (Phi) is 5.82. The molecule has 0 aromatic heterocycles. The highest BCUT2D eigenvalue weighted by Crippen LogP contribution is 2.41. The van der Waals surface area contributed by atoms with Gasteiger partial charge in [0, 0.05) is 5.92 Å². The van der Waals surface area contributed by atoms with Crippen LogP contribution in [0.2, 0.25) is 0 Å². The number of likely N-dealkylation sites (N-methyl/N-ethyl adjacent to an activating group) is 1. The molecule has 4 nitrogen and oxygen atoms in total. The van der Waals surface area contributed by atoms with E-state index in [4.69, 9.17) is 4.74 Å². The van der Waals surface area contributed by atoms with Crippen LogP contribution in [-0.2, 0) is 15.1 Å². The van der Waals surface area contributed by atoms with Crippen molar-refractivity contribution >= 4 is 5.97 Å². The van der Waals surface area contributed by atoms with Crippen LogP contribution in [0.4, 0.5) is 0 Å². The summed E-state index contributed by atoms with van der Waals surface area (Å²) in [4.78, 5) is 12.7. The number of ether oxygens (including phenoxy) is 1. The predicted octanol–water partition coefficient (Wildman–Crippen LogP) is 2.70. The van der Waals surface area contributed by atoms with Gasteiger partial charge in [-0.3, -0.25) is 0 Å². The lowest BCUT2D eigenvalue weighted by Gasteiger charge is -2.33. The average Bonchev–Trinajstić information content (AvgIpc) is 3.09. The molecule has 0 radical (unpaired) electrons. The van der Waals surface area contributed by atoms with E-state index in [0.29, 0.717) is 12.2 Å². The van der Waals surface area contributed by atoms with Gasteiger partial charge in [0.25, 0.3) is 0 Å². The maximum atomic E-state index is 12.7. The van der Waals surface area contributed by atoms with E-state index in [9.17, 15) is 9.90 Å². The zero-order chi connectivity index (χ0) is 16.9. The molecule has 1 aromatic rings. The summed E-state index contributed by atoms with van der Waals surface area (Å²) in [6.45, 7) is 4.17. The van der Waals surface area contributed by atoms with Gasteiger partial charge in [0.2, 0.25) is 0 Å². The fraction of sp³-hybridized carbons (Fsp3) is 0.632. The molecule has 0 saturated heterocycles. The van der Waals surface area contributed by atoms with Crippen LogP contribution in [0.15, 0.2) is 30.3 Å². The van der Waals surface area contributed by atoms with E-state index in [1.165, 1.54) is 0 Å². The Morgan fingerprint density at radius 3 is 2.43 bits per heavy atom. The van der Waals surface area contributed by atoms with Crippen LogP contribution in [0.25, 0.3) is 0 Å². The lowest BCUT2D eigenvalue weighted by atomic mass is 9.80. The van der Waals surface area contributed by atoms with E-state index in [1.54, 1.807) is 0 Å². The maximum Gasteiger partial charge on any atom is 0.343 e. The molecule has 0 heterocycles. The van der Waals surface area contributed by atoms with E-state index in [0.717, 1.165) is 43.3 Å². The average molecular weight is 320 g/mol. The molecule has 1 aliphatic carbocycles. The standard InChI is InChI=1S/C19H30NO3/c1-4-20(2,3)14-15-23-18(21)19(22,17-12-8-9-13-17)16-10-6-5-7-11-16/h5-7,10-11,17,22H,4,8-9,12-15H2,1-3H3/q+1/t19-/m0/s1. The smallest absolute Gasteiger partial charge is 0.343 e. The molecular weight excluding hydrogens is 290 g/mol. The topological polar surface area (TPSA) is 46.5 Å². The second-order valence-corrected chi connectivity index (χ2v) is 7.23. The fourth-order valence-electron chi connectivity index (χ4n) is 3.21. The number of hydrogen-bond donors (Lipinski definition) is 1. The fourth-order valence-corrected chi connectivity index (χ4v) is 3.21. The Bertz CT molecular complexity index is 509. The Balaban J connectivity index is 2.12. The minimum absolute atomic E-state index is 0.0499.